The molecule has 1 heterocycles. The minimum absolute atomic E-state index is 0.247. The Labute approximate surface area is 126 Å². The van der Waals surface area contributed by atoms with Crippen molar-refractivity contribution >= 4 is 11.3 Å². The predicted octanol–water partition coefficient (Wildman–Crippen LogP) is 3.15. The van der Waals surface area contributed by atoms with Crippen LogP contribution in [0.5, 0.6) is 0 Å². The summed E-state index contributed by atoms with van der Waals surface area (Å²) in [7, 11) is 0. The second-order valence-corrected chi connectivity index (χ2v) is 7.57. The topological polar surface area (TPSA) is 36.4 Å². The number of hydrogen-bond donors (Lipinski definition) is 1. The van der Waals surface area contributed by atoms with Gasteiger partial charge in [-0.3, -0.25) is 4.90 Å². The molecule has 1 saturated carbocycles. The molecule has 20 heavy (non-hydrogen) atoms. The highest BCUT2D eigenvalue weighted by Crippen LogP contribution is 2.30. The molecule has 1 N–H and O–H groups in total. The van der Waals surface area contributed by atoms with Gasteiger partial charge in [-0.25, -0.2) is 4.98 Å². The van der Waals surface area contributed by atoms with Gasteiger partial charge in [-0.1, -0.05) is 19.3 Å². The van der Waals surface area contributed by atoms with E-state index in [1.54, 1.807) is 0 Å². The van der Waals surface area contributed by atoms with E-state index in [1.165, 1.54) is 66.9 Å². The van der Waals surface area contributed by atoms with Gasteiger partial charge < -0.3 is 5.11 Å². The first-order chi connectivity index (χ1) is 9.72. The molecule has 0 saturated heterocycles. The SMILES string of the molecule is CC(O)CN(Cc1nc2c(s1)CCC2)C1CCCCC1. The van der Waals surface area contributed by atoms with Gasteiger partial charge in [-0.05, 0) is 39.0 Å². The first-order valence-corrected chi connectivity index (χ1v) is 8.93. The maximum atomic E-state index is 9.79. The Morgan fingerprint density at radius 3 is 2.75 bits per heavy atom. The van der Waals surface area contributed by atoms with Crippen molar-refractivity contribution in [2.45, 2.75) is 77.0 Å². The molecule has 0 radical (unpaired) electrons. The van der Waals surface area contributed by atoms with Crippen LogP contribution in [0.1, 0.15) is 61.0 Å². The van der Waals surface area contributed by atoms with Gasteiger partial charge in [0.15, 0.2) is 0 Å². The summed E-state index contributed by atoms with van der Waals surface area (Å²) < 4.78 is 0. The molecule has 3 nitrogen and oxygen atoms in total. The Hall–Kier alpha value is -0.450. The van der Waals surface area contributed by atoms with Crippen LogP contribution in [0.4, 0.5) is 0 Å². The van der Waals surface area contributed by atoms with Gasteiger partial charge >= 0.3 is 0 Å². The highest BCUT2D eigenvalue weighted by atomic mass is 32.1. The number of thiazole rings is 1. The molecule has 2 aliphatic rings. The van der Waals surface area contributed by atoms with Crippen molar-refractivity contribution in [3.8, 4) is 0 Å². The number of aliphatic hydroxyl groups is 1. The van der Waals surface area contributed by atoms with Crippen LogP contribution < -0.4 is 0 Å². The molecule has 0 aromatic carbocycles. The molecule has 0 bridgehead atoms. The van der Waals surface area contributed by atoms with Crippen molar-refractivity contribution in [3.63, 3.8) is 0 Å². The third kappa shape index (κ3) is 3.41. The van der Waals surface area contributed by atoms with Crippen molar-refractivity contribution in [1.29, 1.82) is 0 Å². The van der Waals surface area contributed by atoms with Crippen molar-refractivity contribution < 1.29 is 5.11 Å². The third-order valence-electron chi connectivity index (χ3n) is 4.57. The summed E-state index contributed by atoms with van der Waals surface area (Å²) in [5.74, 6) is 0. The Balaban J connectivity index is 1.67. The molecule has 1 fully saturated rings. The molecule has 1 atom stereocenters. The summed E-state index contributed by atoms with van der Waals surface area (Å²) >= 11 is 1.91. The van der Waals surface area contributed by atoms with Crippen molar-refractivity contribution in [2.24, 2.45) is 0 Å². The van der Waals surface area contributed by atoms with E-state index in [-0.39, 0.29) is 6.10 Å². The number of fused-ring (bicyclic) bond motifs is 1. The van der Waals surface area contributed by atoms with E-state index in [2.05, 4.69) is 4.90 Å². The Bertz CT molecular complexity index is 416. The van der Waals surface area contributed by atoms with Gasteiger partial charge in [0, 0.05) is 17.5 Å². The summed E-state index contributed by atoms with van der Waals surface area (Å²) in [6, 6.07) is 0.650. The Morgan fingerprint density at radius 1 is 1.25 bits per heavy atom. The van der Waals surface area contributed by atoms with Gasteiger partial charge in [-0.15, -0.1) is 11.3 Å². The Morgan fingerprint density at radius 2 is 2.05 bits per heavy atom. The zero-order valence-electron chi connectivity index (χ0n) is 12.5. The average Bonchev–Trinajstić information content (AvgIpc) is 2.99. The van der Waals surface area contributed by atoms with Gasteiger partial charge in [0.05, 0.1) is 18.3 Å². The van der Waals surface area contributed by atoms with E-state index >= 15 is 0 Å². The molecule has 0 aliphatic heterocycles. The smallest absolute Gasteiger partial charge is 0.107 e. The minimum Gasteiger partial charge on any atom is -0.392 e. The van der Waals surface area contributed by atoms with E-state index in [0.717, 1.165) is 13.1 Å². The summed E-state index contributed by atoms with van der Waals surface area (Å²) in [5.41, 5.74) is 1.35. The first-order valence-electron chi connectivity index (χ1n) is 8.12. The van der Waals surface area contributed by atoms with Crippen LogP contribution in [0.3, 0.4) is 0 Å². The summed E-state index contributed by atoms with van der Waals surface area (Å²) in [6.07, 6.45) is 10.1. The normalized spacial score (nSPS) is 21.4. The maximum Gasteiger partial charge on any atom is 0.107 e. The fourth-order valence-corrected chi connectivity index (χ4v) is 4.80. The van der Waals surface area contributed by atoms with Crippen molar-refractivity contribution in [2.75, 3.05) is 6.54 Å². The van der Waals surface area contributed by atoms with E-state index in [4.69, 9.17) is 4.98 Å². The molecule has 112 valence electrons. The van der Waals surface area contributed by atoms with Crippen molar-refractivity contribution in [3.05, 3.63) is 15.6 Å². The lowest BCUT2D eigenvalue weighted by atomic mass is 9.94. The van der Waals surface area contributed by atoms with Crippen LogP contribution >= 0.6 is 11.3 Å². The number of aliphatic hydroxyl groups excluding tert-OH is 1. The van der Waals surface area contributed by atoms with Crippen LogP contribution in [0.25, 0.3) is 0 Å². The molecule has 0 spiro atoms. The largest absolute Gasteiger partial charge is 0.392 e. The molecule has 1 aromatic heterocycles. The molecule has 2 aliphatic carbocycles. The lowest BCUT2D eigenvalue weighted by Gasteiger charge is -2.34. The molecule has 0 amide bonds. The molecular formula is C16H26N2OS. The van der Waals surface area contributed by atoms with Crippen LogP contribution in [0.15, 0.2) is 0 Å². The van der Waals surface area contributed by atoms with E-state index in [9.17, 15) is 5.11 Å². The summed E-state index contributed by atoms with van der Waals surface area (Å²) in [4.78, 5) is 8.83. The quantitative estimate of drug-likeness (QED) is 0.906. The fourth-order valence-electron chi connectivity index (χ4n) is 3.61. The summed E-state index contributed by atoms with van der Waals surface area (Å²) in [6.45, 7) is 3.62. The van der Waals surface area contributed by atoms with Crippen molar-refractivity contribution in [1.82, 2.24) is 9.88 Å². The van der Waals surface area contributed by atoms with Gasteiger partial charge in [0.2, 0.25) is 0 Å². The van der Waals surface area contributed by atoms with Gasteiger partial charge in [0.25, 0.3) is 0 Å². The second kappa shape index (κ2) is 6.54. The van der Waals surface area contributed by atoms with Gasteiger partial charge in [-0.2, -0.15) is 0 Å². The average molecular weight is 294 g/mol. The number of aryl methyl sites for hydroxylation is 2. The standard InChI is InChI=1S/C16H26N2OS/c1-12(19)10-18(13-6-3-2-4-7-13)11-16-17-14-8-5-9-15(14)20-16/h12-13,19H,2-11H2,1H3. The van der Waals surface area contributed by atoms with Crippen LogP contribution in [-0.4, -0.2) is 33.7 Å². The zero-order chi connectivity index (χ0) is 13.9. The number of aromatic nitrogens is 1. The molecule has 3 rings (SSSR count). The number of rotatable bonds is 5. The number of hydrogen-bond acceptors (Lipinski definition) is 4. The van der Waals surface area contributed by atoms with E-state index < -0.39 is 0 Å². The monoisotopic (exact) mass is 294 g/mol. The maximum absolute atomic E-state index is 9.79. The zero-order valence-corrected chi connectivity index (χ0v) is 13.3. The number of nitrogens with zero attached hydrogens (tertiary/aromatic N) is 2. The highest BCUT2D eigenvalue weighted by Gasteiger charge is 2.24. The van der Waals surface area contributed by atoms with Gasteiger partial charge in [0.1, 0.15) is 5.01 Å². The molecule has 4 heteroatoms. The van der Waals surface area contributed by atoms with Crippen LogP contribution in [0, 0.1) is 0 Å². The highest BCUT2D eigenvalue weighted by molar-refractivity contribution is 7.11. The van der Waals surface area contributed by atoms with Crippen LogP contribution in [-0.2, 0) is 19.4 Å². The summed E-state index contributed by atoms with van der Waals surface area (Å²) in [5, 5.41) is 11.1. The fraction of sp³-hybridized carbons (Fsp3) is 0.812. The lowest BCUT2D eigenvalue weighted by molar-refractivity contribution is 0.0768. The van der Waals surface area contributed by atoms with Crippen LogP contribution in [0.2, 0.25) is 0 Å². The van der Waals surface area contributed by atoms with E-state index in [1.807, 2.05) is 18.3 Å². The minimum atomic E-state index is -0.247. The Kier molecular flexibility index (Phi) is 4.74. The first kappa shape index (κ1) is 14.5. The lowest BCUT2D eigenvalue weighted by Crippen LogP contribution is -2.40. The van der Waals surface area contributed by atoms with E-state index in [0.29, 0.717) is 6.04 Å². The third-order valence-corrected chi connectivity index (χ3v) is 5.71. The molecule has 1 unspecified atom stereocenters. The molecule has 1 aromatic rings. The molecular weight excluding hydrogens is 268 g/mol. The second-order valence-electron chi connectivity index (χ2n) is 6.40. The predicted molar refractivity (Wildman–Crippen MR) is 83.1 cm³/mol.